The van der Waals surface area contributed by atoms with Crippen LogP contribution in [0.3, 0.4) is 0 Å². The van der Waals surface area contributed by atoms with Gasteiger partial charge in [-0.05, 0) is 76.3 Å². The summed E-state index contributed by atoms with van der Waals surface area (Å²) in [7, 11) is 1.56. The zero-order chi connectivity index (χ0) is 33.1. The first-order valence-corrected chi connectivity index (χ1v) is 15.1. The molecule has 4 aromatic carbocycles. The van der Waals surface area contributed by atoms with Crippen LogP contribution >= 0.6 is 0 Å². The zero-order valence-electron chi connectivity index (χ0n) is 25.8. The lowest BCUT2D eigenvalue weighted by Crippen LogP contribution is -2.53. The maximum absolute atomic E-state index is 14.5. The molecule has 1 aliphatic rings. The molecule has 0 aromatic heterocycles. The minimum Gasteiger partial charge on any atom is -0.497 e. The quantitative estimate of drug-likeness (QED) is 0.0498. The summed E-state index contributed by atoms with van der Waals surface area (Å²) in [6.45, 7) is 0.640. The Bertz CT molecular complexity index is 1760. The molecule has 1 aliphatic heterocycles. The van der Waals surface area contributed by atoms with Crippen molar-refractivity contribution in [3.63, 3.8) is 0 Å². The molecule has 1 heterocycles. The fourth-order valence-corrected chi connectivity index (χ4v) is 5.35. The highest BCUT2D eigenvalue weighted by atomic mass is 19.1. The predicted molar refractivity (Wildman–Crippen MR) is 174 cm³/mol. The van der Waals surface area contributed by atoms with Crippen molar-refractivity contribution < 1.29 is 28.5 Å². The molecule has 242 valence electrons. The first kappa shape index (κ1) is 33.0. The number of nitrogens with one attached hydrogen (secondary N) is 2. The number of halogens is 1. The normalized spacial score (nSPS) is 16.8. The van der Waals surface area contributed by atoms with E-state index in [4.69, 9.17) is 29.8 Å². The van der Waals surface area contributed by atoms with Gasteiger partial charge < -0.3 is 19.3 Å². The first-order chi connectivity index (χ1) is 23.0. The Balaban J connectivity index is 1.57. The topological polar surface area (TPSA) is 150 Å². The number of hydrogen-bond donors (Lipinski definition) is 3. The SMILES string of the molecule is COc1cccc([C@@H]2OC(c3ccc(OCCCO)cc3)=N[C@]2(Cc2ccccc2CN=[N+]=[N-])C(=O)NNCc2cccc(F)c2)c1. The van der Waals surface area contributed by atoms with E-state index >= 15 is 0 Å². The maximum Gasteiger partial charge on any atom is 0.266 e. The van der Waals surface area contributed by atoms with Gasteiger partial charge in [-0.15, -0.1) is 0 Å². The Morgan fingerprint density at radius 2 is 1.83 bits per heavy atom. The second kappa shape index (κ2) is 15.7. The van der Waals surface area contributed by atoms with Gasteiger partial charge in [-0.1, -0.05) is 53.6 Å². The number of aliphatic hydroxyl groups excluding tert-OH is 1. The second-order valence-corrected chi connectivity index (χ2v) is 10.8. The number of carbonyl (C=O) groups excluding carboxylic acids is 1. The van der Waals surface area contributed by atoms with Gasteiger partial charge in [0, 0.05) is 36.5 Å². The third kappa shape index (κ3) is 8.06. The van der Waals surface area contributed by atoms with Crippen molar-refractivity contribution in [1.29, 1.82) is 0 Å². The average Bonchev–Trinajstić information content (AvgIpc) is 3.49. The van der Waals surface area contributed by atoms with E-state index < -0.39 is 17.6 Å². The molecule has 1 amide bonds. The highest BCUT2D eigenvalue weighted by Crippen LogP contribution is 2.43. The minimum absolute atomic E-state index is 0.0294. The largest absolute Gasteiger partial charge is 0.497 e. The number of carbonyl (C=O) groups is 1. The number of benzene rings is 4. The van der Waals surface area contributed by atoms with E-state index in [9.17, 15) is 9.18 Å². The number of nitrogens with zero attached hydrogens (tertiary/aromatic N) is 4. The van der Waals surface area contributed by atoms with E-state index in [-0.39, 0.29) is 37.8 Å². The number of ether oxygens (including phenoxy) is 3. The Labute approximate surface area is 271 Å². The smallest absolute Gasteiger partial charge is 0.266 e. The van der Waals surface area contributed by atoms with E-state index in [1.807, 2.05) is 36.4 Å². The van der Waals surface area contributed by atoms with Gasteiger partial charge in [-0.25, -0.2) is 14.8 Å². The van der Waals surface area contributed by atoms with Crippen molar-refractivity contribution in [2.45, 2.75) is 37.6 Å². The van der Waals surface area contributed by atoms with Gasteiger partial charge in [0.1, 0.15) is 17.3 Å². The molecule has 0 unspecified atom stereocenters. The van der Waals surface area contributed by atoms with Crippen molar-refractivity contribution in [2.24, 2.45) is 10.1 Å². The molecule has 2 atom stereocenters. The van der Waals surface area contributed by atoms with Crippen LogP contribution in [0.2, 0.25) is 0 Å². The van der Waals surface area contributed by atoms with Crippen LogP contribution in [0.4, 0.5) is 4.39 Å². The highest BCUT2D eigenvalue weighted by molar-refractivity contribution is 6.01. The molecule has 0 bridgehead atoms. The van der Waals surface area contributed by atoms with Crippen LogP contribution in [0.5, 0.6) is 11.5 Å². The molecule has 4 aromatic rings. The molecule has 0 radical (unpaired) electrons. The number of hydrazine groups is 1. The summed E-state index contributed by atoms with van der Waals surface area (Å²) in [6.07, 6.45) is -0.312. The fourth-order valence-electron chi connectivity index (χ4n) is 5.35. The molecular formula is C35H35FN6O5. The summed E-state index contributed by atoms with van der Waals surface area (Å²) in [5, 5.41) is 12.8. The van der Waals surface area contributed by atoms with Crippen LogP contribution in [0.25, 0.3) is 10.4 Å². The maximum atomic E-state index is 14.5. The Kier molecular flexibility index (Phi) is 11.0. The summed E-state index contributed by atoms with van der Waals surface area (Å²) in [5.74, 6) is 0.561. The van der Waals surface area contributed by atoms with Gasteiger partial charge in [0.15, 0.2) is 11.6 Å². The third-order valence-corrected chi connectivity index (χ3v) is 7.69. The first-order valence-electron chi connectivity index (χ1n) is 15.1. The van der Waals surface area contributed by atoms with Gasteiger partial charge >= 0.3 is 0 Å². The summed E-state index contributed by atoms with van der Waals surface area (Å²) >= 11 is 0. The number of azide groups is 1. The van der Waals surface area contributed by atoms with E-state index in [0.717, 1.165) is 11.1 Å². The monoisotopic (exact) mass is 638 g/mol. The summed E-state index contributed by atoms with van der Waals surface area (Å²) in [6, 6.07) is 27.9. The van der Waals surface area contributed by atoms with Gasteiger partial charge in [-0.3, -0.25) is 10.2 Å². The Morgan fingerprint density at radius 1 is 1.04 bits per heavy atom. The summed E-state index contributed by atoms with van der Waals surface area (Å²) in [4.78, 5) is 22.4. The number of rotatable bonds is 15. The zero-order valence-corrected chi connectivity index (χ0v) is 25.8. The van der Waals surface area contributed by atoms with Crippen LogP contribution in [0.1, 0.15) is 40.3 Å². The van der Waals surface area contributed by atoms with Crippen molar-refractivity contribution in [2.75, 3.05) is 20.3 Å². The standard InChI is InChI=1S/C35H35FN6O5/c1-45-31-12-5-10-26(20-31)32-35(21-27-8-2-3-9-28(27)23-39-42-37,34(44)41-38-22-24-7-4-11-29(36)19-24)40-33(47-32)25-13-15-30(16-14-25)46-18-6-17-43/h2-5,7-16,19-20,32,38,43H,6,17-18,21-23H2,1H3,(H,41,44)/t32-,35-/m0/s1. The molecule has 5 rings (SSSR count). The molecular weight excluding hydrogens is 603 g/mol. The molecule has 0 fully saturated rings. The average molecular weight is 639 g/mol. The molecule has 3 N–H and O–H groups in total. The lowest BCUT2D eigenvalue weighted by molar-refractivity contribution is -0.130. The van der Waals surface area contributed by atoms with E-state index in [0.29, 0.717) is 41.2 Å². The van der Waals surface area contributed by atoms with Crippen molar-refractivity contribution in [1.82, 2.24) is 10.9 Å². The molecule has 0 saturated heterocycles. The van der Waals surface area contributed by atoms with Crippen LogP contribution in [-0.4, -0.2) is 42.8 Å². The highest BCUT2D eigenvalue weighted by Gasteiger charge is 2.53. The minimum atomic E-state index is -1.56. The van der Waals surface area contributed by atoms with Crippen LogP contribution in [0, 0.1) is 5.82 Å². The number of methoxy groups -OCH3 is 1. The second-order valence-electron chi connectivity index (χ2n) is 10.8. The van der Waals surface area contributed by atoms with E-state index in [1.54, 1.807) is 55.6 Å². The van der Waals surface area contributed by atoms with E-state index in [1.165, 1.54) is 12.1 Å². The summed E-state index contributed by atoms with van der Waals surface area (Å²) < 4.78 is 31.6. The van der Waals surface area contributed by atoms with Gasteiger partial charge in [0.2, 0.25) is 5.90 Å². The molecule has 12 heteroatoms. The number of hydrogen-bond acceptors (Lipinski definition) is 8. The Hall–Kier alpha value is -5.42. The fraction of sp³-hybridized carbons (Fsp3) is 0.257. The van der Waals surface area contributed by atoms with Crippen molar-refractivity contribution in [3.8, 4) is 11.5 Å². The number of aliphatic imine (C=N–C) groups is 1. The lowest BCUT2D eigenvalue weighted by atomic mass is 9.81. The number of amides is 1. The van der Waals surface area contributed by atoms with Crippen LogP contribution < -0.4 is 20.3 Å². The number of aliphatic hydroxyl groups is 1. The molecule has 0 aliphatic carbocycles. The van der Waals surface area contributed by atoms with Gasteiger partial charge in [0.05, 0.1) is 20.3 Å². The van der Waals surface area contributed by atoms with Crippen LogP contribution in [-0.2, 0) is 29.0 Å². The van der Waals surface area contributed by atoms with Gasteiger partial charge in [-0.2, -0.15) is 0 Å². The van der Waals surface area contributed by atoms with Crippen molar-refractivity contribution >= 4 is 11.8 Å². The Morgan fingerprint density at radius 3 is 2.57 bits per heavy atom. The van der Waals surface area contributed by atoms with Gasteiger partial charge in [0.25, 0.3) is 5.91 Å². The van der Waals surface area contributed by atoms with Crippen molar-refractivity contribution in [3.05, 3.63) is 141 Å². The third-order valence-electron chi connectivity index (χ3n) is 7.69. The molecule has 11 nitrogen and oxygen atoms in total. The lowest BCUT2D eigenvalue weighted by Gasteiger charge is -2.31. The molecule has 47 heavy (non-hydrogen) atoms. The molecule has 0 saturated carbocycles. The van der Waals surface area contributed by atoms with Crippen LogP contribution in [0.15, 0.2) is 107 Å². The predicted octanol–water partition coefficient (Wildman–Crippen LogP) is 5.73. The summed E-state index contributed by atoms with van der Waals surface area (Å²) in [5.41, 5.74) is 16.6. The van der Waals surface area contributed by atoms with E-state index in [2.05, 4.69) is 20.9 Å². The molecule has 0 spiro atoms.